The van der Waals surface area contributed by atoms with Gasteiger partial charge in [0.15, 0.2) is 5.17 Å². The average molecular weight is 466 g/mol. The molecule has 0 bridgehead atoms. The van der Waals surface area contributed by atoms with Crippen LogP contribution in [0.25, 0.3) is 0 Å². The number of halogens is 1. The maximum absolute atomic E-state index is 14.9. The Balaban J connectivity index is 2.10. The zero-order chi connectivity index (χ0) is 23.9. The number of ether oxygens (including phenoxy) is 2. The Bertz CT molecular complexity index is 910. The molecule has 1 aliphatic carbocycles. The van der Waals surface area contributed by atoms with E-state index in [9.17, 15) is 14.0 Å². The molecule has 2 N–H and O–H groups in total. The molecule has 1 saturated carbocycles. The number of thioether (sulfide) groups is 1. The fourth-order valence-corrected chi connectivity index (χ4v) is 5.36. The first kappa shape index (κ1) is 24.4. The molecule has 2 aliphatic rings. The summed E-state index contributed by atoms with van der Waals surface area (Å²) in [6.45, 7) is 10.3. The highest BCUT2D eigenvalue weighted by Gasteiger charge is 2.50. The van der Waals surface area contributed by atoms with Crippen molar-refractivity contribution < 1.29 is 23.5 Å². The largest absolute Gasteiger partial charge is 0.443 e. The van der Waals surface area contributed by atoms with Crippen LogP contribution in [0, 0.1) is 11.7 Å². The topological polar surface area (TPSA) is 94.2 Å². The van der Waals surface area contributed by atoms with Gasteiger partial charge in [0.25, 0.3) is 0 Å². The summed E-state index contributed by atoms with van der Waals surface area (Å²) < 4.78 is 25.9. The second-order valence-corrected chi connectivity index (χ2v) is 11.2. The first-order chi connectivity index (χ1) is 14.7. The molecule has 1 aromatic rings. The standard InChI is InChI=1S/C23H32FN3O4S/c1-21(2,3)30-19(28)27(20(29)31-22(4,5)6)18-26-23(11-7-8-14(23)13-32-18)16-12-15(25)9-10-17(16)24/h9-10,12,14H,7-8,11,13,25H2,1-6H3/t14-,23-/m0/s1. The zero-order valence-corrected chi connectivity index (χ0v) is 20.3. The molecular formula is C23H32FN3O4S. The summed E-state index contributed by atoms with van der Waals surface area (Å²) in [5, 5.41) is 0.147. The lowest BCUT2D eigenvalue weighted by Gasteiger charge is -2.39. The maximum atomic E-state index is 14.9. The van der Waals surface area contributed by atoms with Crippen LogP contribution in [-0.2, 0) is 15.0 Å². The lowest BCUT2D eigenvalue weighted by atomic mass is 9.81. The number of benzene rings is 1. The molecule has 0 saturated heterocycles. The molecule has 7 nitrogen and oxygen atoms in total. The number of aliphatic imine (C=N–C) groups is 1. The van der Waals surface area contributed by atoms with Gasteiger partial charge in [0, 0.05) is 17.0 Å². The fourth-order valence-electron chi connectivity index (χ4n) is 4.06. The van der Waals surface area contributed by atoms with Crippen molar-refractivity contribution >= 4 is 34.8 Å². The van der Waals surface area contributed by atoms with Crippen LogP contribution >= 0.6 is 11.8 Å². The molecule has 3 rings (SSSR count). The molecule has 1 aromatic carbocycles. The Morgan fingerprint density at radius 2 is 1.75 bits per heavy atom. The van der Waals surface area contributed by atoms with Crippen molar-refractivity contribution in [1.82, 2.24) is 4.90 Å². The number of nitrogen functional groups attached to an aromatic ring is 1. The van der Waals surface area contributed by atoms with Gasteiger partial charge >= 0.3 is 12.2 Å². The number of hydrogen-bond donors (Lipinski definition) is 1. The Labute approximate surface area is 192 Å². The van der Waals surface area contributed by atoms with Gasteiger partial charge in [-0.15, -0.1) is 0 Å². The number of fused-ring (bicyclic) bond motifs is 1. The number of amidine groups is 1. The second-order valence-electron chi connectivity index (χ2n) is 10.3. The predicted molar refractivity (Wildman–Crippen MR) is 124 cm³/mol. The number of carbonyl (C=O) groups is 2. The van der Waals surface area contributed by atoms with Crippen molar-refractivity contribution in [2.45, 2.75) is 77.5 Å². The molecule has 2 atom stereocenters. The highest BCUT2D eigenvalue weighted by Crippen LogP contribution is 2.52. The van der Waals surface area contributed by atoms with E-state index in [1.165, 1.54) is 23.9 Å². The molecule has 1 heterocycles. The first-order valence-corrected chi connectivity index (χ1v) is 11.7. The van der Waals surface area contributed by atoms with Crippen LogP contribution in [0.1, 0.15) is 66.4 Å². The minimum atomic E-state index is -0.900. The fraction of sp³-hybridized carbons (Fsp3) is 0.609. The van der Waals surface area contributed by atoms with Gasteiger partial charge in [-0.1, -0.05) is 18.2 Å². The predicted octanol–water partition coefficient (Wildman–Crippen LogP) is 5.68. The number of nitrogens with two attached hydrogens (primary N) is 1. The number of nitrogens with zero attached hydrogens (tertiary/aromatic N) is 2. The van der Waals surface area contributed by atoms with Gasteiger partial charge in [-0.25, -0.2) is 19.0 Å². The van der Waals surface area contributed by atoms with Crippen LogP contribution in [-0.4, -0.2) is 39.2 Å². The number of imide groups is 1. The molecule has 176 valence electrons. The van der Waals surface area contributed by atoms with Crippen LogP contribution in [0.3, 0.4) is 0 Å². The van der Waals surface area contributed by atoms with E-state index < -0.39 is 34.7 Å². The molecule has 2 amide bonds. The van der Waals surface area contributed by atoms with Crippen molar-refractivity contribution in [1.29, 1.82) is 0 Å². The average Bonchev–Trinajstić information content (AvgIpc) is 3.05. The van der Waals surface area contributed by atoms with E-state index in [-0.39, 0.29) is 11.1 Å². The lowest BCUT2D eigenvalue weighted by molar-refractivity contribution is 0.0150. The number of anilines is 1. The Kier molecular flexibility index (Phi) is 6.52. The summed E-state index contributed by atoms with van der Waals surface area (Å²) in [7, 11) is 0. The normalized spacial score (nSPS) is 23.2. The van der Waals surface area contributed by atoms with Crippen LogP contribution < -0.4 is 5.73 Å². The summed E-state index contributed by atoms with van der Waals surface area (Å²) in [6.07, 6.45) is 0.570. The van der Waals surface area contributed by atoms with Crippen LogP contribution in [0.2, 0.25) is 0 Å². The van der Waals surface area contributed by atoms with E-state index in [0.29, 0.717) is 23.4 Å². The van der Waals surface area contributed by atoms with Crippen molar-refractivity contribution in [3.8, 4) is 0 Å². The molecule has 32 heavy (non-hydrogen) atoms. The number of rotatable bonds is 1. The number of amides is 2. The quantitative estimate of drug-likeness (QED) is 0.536. The second kappa shape index (κ2) is 8.57. The molecule has 0 radical (unpaired) electrons. The van der Waals surface area contributed by atoms with Gasteiger partial charge in [-0.05, 0) is 78.5 Å². The van der Waals surface area contributed by atoms with Gasteiger partial charge in [-0.3, -0.25) is 0 Å². The van der Waals surface area contributed by atoms with Crippen LogP contribution in [0.5, 0.6) is 0 Å². The van der Waals surface area contributed by atoms with Crippen molar-refractivity contribution in [2.24, 2.45) is 10.9 Å². The van der Waals surface area contributed by atoms with E-state index in [1.807, 2.05) is 0 Å². The number of hydrogen-bond acceptors (Lipinski definition) is 7. The molecule has 1 fully saturated rings. The molecule has 1 aliphatic heterocycles. The molecular weight excluding hydrogens is 433 g/mol. The Hall–Kier alpha value is -2.29. The molecule has 0 aromatic heterocycles. The molecule has 0 spiro atoms. The monoisotopic (exact) mass is 465 g/mol. The minimum absolute atomic E-state index is 0.0617. The Morgan fingerprint density at radius 1 is 1.16 bits per heavy atom. The SMILES string of the molecule is CC(C)(C)OC(=O)N(C(=O)OC(C)(C)C)C1=N[C@@]2(c3cc(N)ccc3F)CCC[C@H]2CS1. The van der Waals surface area contributed by atoms with E-state index in [2.05, 4.69) is 0 Å². The summed E-state index contributed by atoms with van der Waals surface area (Å²) in [6, 6.07) is 4.45. The van der Waals surface area contributed by atoms with Crippen LogP contribution in [0.4, 0.5) is 19.7 Å². The summed E-state index contributed by atoms with van der Waals surface area (Å²) in [4.78, 5) is 31.8. The minimum Gasteiger partial charge on any atom is -0.443 e. The maximum Gasteiger partial charge on any atom is 0.426 e. The van der Waals surface area contributed by atoms with Gasteiger partial charge < -0.3 is 15.2 Å². The Morgan fingerprint density at radius 3 is 2.31 bits per heavy atom. The first-order valence-electron chi connectivity index (χ1n) is 10.8. The van der Waals surface area contributed by atoms with E-state index in [4.69, 9.17) is 20.2 Å². The van der Waals surface area contributed by atoms with Gasteiger partial charge in [-0.2, -0.15) is 4.90 Å². The van der Waals surface area contributed by atoms with Crippen molar-refractivity contribution in [2.75, 3.05) is 11.5 Å². The van der Waals surface area contributed by atoms with Crippen molar-refractivity contribution in [3.05, 3.63) is 29.6 Å². The summed E-state index contributed by atoms with van der Waals surface area (Å²) in [5.74, 6) is 0.240. The van der Waals surface area contributed by atoms with E-state index in [1.54, 1.807) is 47.6 Å². The summed E-state index contributed by atoms with van der Waals surface area (Å²) >= 11 is 1.28. The third-order valence-corrected chi connectivity index (χ3v) is 6.40. The highest BCUT2D eigenvalue weighted by molar-refractivity contribution is 8.13. The summed E-state index contributed by atoms with van der Waals surface area (Å²) in [5.41, 5.74) is 4.24. The number of carbonyl (C=O) groups excluding carboxylic acids is 2. The van der Waals surface area contributed by atoms with Gasteiger partial charge in [0.05, 0.1) is 5.54 Å². The van der Waals surface area contributed by atoms with Gasteiger partial charge in [0.2, 0.25) is 0 Å². The van der Waals surface area contributed by atoms with E-state index in [0.717, 1.165) is 17.7 Å². The lowest BCUT2D eigenvalue weighted by Crippen LogP contribution is -2.49. The smallest absolute Gasteiger partial charge is 0.426 e. The van der Waals surface area contributed by atoms with Crippen LogP contribution in [0.15, 0.2) is 23.2 Å². The van der Waals surface area contributed by atoms with Crippen molar-refractivity contribution in [3.63, 3.8) is 0 Å². The zero-order valence-electron chi connectivity index (χ0n) is 19.5. The molecule has 0 unspecified atom stereocenters. The van der Waals surface area contributed by atoms with E-state index >= 15 is 0 Å². The third-order valence-electron chi connectivity index (χ3n) is 5.29. The highest BCUT2D eigenvalue weighted by atomic mass is 32.2. The van der Waals surface area contributed by atoms with Gasteiger partial charge in [0.1, 0.15) is 17.0 Å². The third kappa shape index (κ3) is 5.19. The molecule has 9 heteroatoms.